The summed E-state index contributed by atoms with van der Waals surface area (Å²) in [5, 5.41) is 3.34. The summed E-state index contributed by atoms with van der Waals surface area (Å²) in [6.07, 6.45) is 2.29. The summed E-state index contributed by atoms with van der Waals surface area (Å²) in [6.45, 7) is 3.41. The second-order valence-electron chi connectivity index (χ2n) is 4.73. The fourth-order valence-corrected chi connectivity index (χ4v) is 2.53. The monoisotopic (exact) mass is 265 g/mol. The van der Waals surface area contributed by atoms with Gasteiger partial charge < -0.3 is 19.5 Å². The Morgan fingerprint density at radius 1 is 1.26 bits per heavy atom. The van der Waals surface area contributed by atoms with Crippen LogP contribution in [0.2, 0.25) is 0 Å². The van der Waals surface area contributed by atoms with Gasteiger partial charge in [-0.15, -0.1) is 0 Å². The number of fused-ring (bicyclic) bond motifs is 1. The van der Waals surface area contributed by atoms with Gasteiger partial charge in [0.05, 0.1) is 12.1 Å². The lowest BCUT2D eigenvalue weighted by atomic mass is 9.97. The van der Waals surface area contributed by atoms with Crippen LogP contribution in [0.25, 0.3) is 0 Å². The Labute approximate surface area is 115 Å². The van der Waals surface area contributed by atoms with Crippen LogP contribution in [-0.4, -0.2) is 33.5 Å². The molecule has 0 saturated carbocycles. The molecule has 2 unspecified atom stereocenters. The molecule has 1 aliphatic rings. The Balaban J connectivity index is 2.22. The molecule has 4 nitrogen and oxygen atoms in total. The molecule has 0 bridgehead atoms. The van der Waals surface area contributed by atoms with Crippen molar-refractivity contribution in [1.29, 1.82) is 0 Å². The largest absolute Gasteiger partial charge is 0.486 e. The Kier molecular flexibility index (Phi) is 5.05. The van der Waals surface area contributed by atoms with Gasteiger partial charge in [-0.25, -0.2) is 0 Å². The molecular formula is C15H23NO3. The van der Waals surface area contributed by atoms with Crippen LogP contribution in [0.1, 0.15) is 31.4 Å². The van der Waals surface area contributed by atoms with E-state index in [0.29, 0.717) is 13.2 Å². The van der Waals surface area contributed by atoms with E-state index in [1.165, 1.54) is 5.56 Å². The zero-order chi connectivity index (χ0) is 13.7. The van der Waals surface area contributed by atoms with E-state index >= 15 is 0 Å². The summed E-state index contributed by atoms with van der Waals surface area (Å²) < 4.78 is 16.8. The minimum Gasteiger partial charge on any atom is -0.486 e. The van der Waals surface area contributed by atoms with Crippen LogP contribution >= 0.6 is 0 Å². The van der Waals surface area contributed by atoms with Crippen molar-refractivity contribution in [2.75, 3.05) is 27.4 Å². The van der Waals surface area contributed by atoms with Gasteiger partial charge in [-0.1, -0.05) is 19.4 Å². The van der Waals surface area contributed by atoms with Gasteiger partial charge in [0, 0.05) is 7.11 Å². The fourth-order valence-electron chi connectivity index (χ4n) is 2.53. The molecule has 0 radical (unpaired) electrons. The molecule has 2 rings (SSSR count). The van der Waals surface area contributed by atoms with Crippen molar-refractivity contribution in [3.8, 4) is 11.5 Å². The molecule has 2 atom stereocenters. The lowest BCUT2D eigenvalue weighted by Gasteiger charge is -2.27. The number of likely N-dealkylation sites (N-methyl/N-ethyl adjacent to an activating group) is 1. The Morgan fingerprint density at radius 2 is 2.00 bits per heavy atom. The van der Waals surface area contributed by atoms with E-state index in [-0.39, 0.29) is 12.1 Å². The maximum Gasteiger partial charge on any atom is 0.161 e. The van der Waals surface area contributed by atoms with Crippen molar-refractivity contribution in [1.82, 2.24) is 5.32 Å². The zero-order valence-corrected chi connectivity index (χ0v) is 11.9. The predicted octanol–water partition coefficient (Wildman–Crippen LogP) is 2.53. The number of benzene rings is 1. The van der Waals surface area contributed by atoms with Gasteiger partial charge in [0.25, 0.3) is 0 Å². The molecule has 1 aromatic carbocycles. The third-order valence-corrected chi connectivity index (χ3v) is 3.48. The normalized spacial score (nSPS) is 17.0. The highest BCUT2D eigenvalue weighted by molar-refractivity contribution is 5.44. The number of hydrogen-bond acceptors (Lipinski definition) is 4. The molecular weight excluding hydrogens is 242 g/mol. The molecule has 0 amide bonds. The summed E-state index contributed by atoms with van der Waals surface area (Å²) in [5.41, 5.74) is 1.17. The van der Waals surface area contributed by atoms with E-state index in [2.05, 4.69) is 24.4 Å². The van der Waals surface area contributed by atoms with Gasteiger partial charge in [-0.05, 0) is 31.2 Å². The van der Waals surface area contributed by atoms with E-state index in [0.717, 1.165) is 24.3 Å². The molecule has 0 aliphatic carbocycles. The molecule has 1 heterocycles. The van der Waals surface area contributed by atoms with Crippen molar-refractivity contribution in [2.24, 2.45) is 0 Å². The standard InChI is InChI=1S/C15H23NO3/c1-4-5-13(17-3)15(16-2)11-6-7-12-14(10-11)19-9-8-18-12/h6-7,10,13,15-16H,4-5,8-9H2,1-3H3. The molecule has 0 spiro atoms. The average Bonchev–Trinajstić information content (AvgIpc) is 2.47. The highest BCUT2D eigenvalue weighted by Crippen LogP contribution is 2.34. The van der Waals surface area contributed by atoms with Gasteiger partial charge in [-0.3, -0.25) is 0 Å². The third kappa shape index (κ3) is 3.19. The number of rotatable bonds is 6. The fraction of sp³-hybridized carbons (Fsp3) is 0.600. The molecule has 1 aromatic rings. The zero-order valence-electron chi connectivity index (χ0n) is 11.9. The second kappa shape index (κ2) is 6.78. The topological polar surface area (TPSA) is 39.7 Å². The van der Waals surface area contributed by atoms with Gasteiger partial charge in [0.1, 0.15) is 13.2 Å². The van der Waals surface area contributed by atoms with Crippen molar-refractivity contribution in [3.05, 3.63) is 23.8 Å². The molecule has 106 valence electrons. The van der Waals surface area contributed by atoms with E-state index in [9.17, 15) is 0 Å². The van der Waals surface area contributed by atoms with Crippen LogP contribution in [0.15, 0.2) is 18.2 Å². The SMILES string of the molecule is CCCC(OC)C(NC)c1ccc2c(c1)OCCO2. The summed E-state index contributed by atoms with van der Waals surface area (Å²) in [7, 11) is 3.73. The molecule has 19 heavy (non-hydrogen) atoms. The average molecular weight is 265 g/mol. The Morgan fingerprint density at radius 3 is 2.63 bits per heavy atom. The van der Waals surface area contributed by atoms with Crippen LogP contribution in [-0.2, 0) is 4.74 Å². The van der Waals surface area contributed by atoms with E-state index < -0.39 is 0 Å². The van der Waals surface area contributed by atoms with Crippen molar-refractivity contribution >= 4 is 0 Å². The first-order valence-corrected chi connectivity index (χ1v) is 6.89. The molecule has 4 heteroatoms. The first-order chi connectivity index (χ1) is 9.30. The van der Waals surface area contributed by atoms with E-state index in [1.807, 2.05) is 13.1 Å². The van der Waals surface area contributed by atoms with Gasteiger partial charge in [-0.2, -0.15) is 0 Å². The number of methoxy groups -OCH3 is 1. The van der Waals surface area contributed by atoms with Gasteiger partial charge >= 0.3 is 0 Å². The van der Waals surface area contributed by atoms with E-state index in [1.54, 1.807) is 7.11 Å². The quantitative estimate of drug-likeness (QED) is 0.858. The van der Waals surface area contributed by atoms with Crippen molar-refractivity contribution in [2.45, 2.75) is 31.9 Å². The van der Waals surface area contributed by atoms with Crippen LogP contribution in [0, 0.1) is 0 Å². The maximum absolute atomic E-state index is 5.64. The molecule has 1 N–H and O–H groups in total. The lowest BCUT2D eigenvalue weighted by Crippen LogP contribution is -2.31. The van der Waals surface area contributed by atoms with Crippen molar-refractivity contribution in [3.63, 3.8) is 0 Å². The first kappa shape index (κ1) is 14.2. The van der Waals surface area contributed by atoms with Crippen LogP contribution in [0.5, 0.6) is 11.5 Å². The molecule has 0 aromatic heterocycles. The van der Waals surface area contributed by atoms with Gasteiger partial charge in [0.2, 0.25) is 0 Å². The summed E-state index contributed by atoms with van der Waals surface area (Å²) in [4.78, 5) is 0. The van der Waals surface area contributed by atoms with E-state index in [4.69, 9.17) is 14.2 Å². The minimum absolute atomic E-state index is 0.164. The van der Waals surface area contributed by atoms with Crippen molar-refractivity contribution < 1.29 is 14.2 Å². The summed E-state index contributed by atoms with van der Waals surface area (Å²) >= 11 is 0. The first-order valence-electron chi connectivity index (χ1n) is 6.89. The second-order valence-corrected chi connectivity index (χ2v) is 4.73. The van der Waals surface area contributed by atoms with Gasteiger partial charge in [0.15, 0.2) is 11.5 Å². The Hall–Kier alpha value is -1.26. The van der Waals surface area contributed by atoms with Crippen LogP contribution in [0.4, 0.5) is 0 Å². The summed E-state index contributed by atoms with van der Waals surface area (Å²) in [5.74, 6) is 1.66. The Bertz CT molecular complexity index is 408. The summed E-state index contributed by atoms with van der Waals surface area (Å²) in [6, 6.07) is 6.28. The molecule has 0 fully saturated rings. The predicted molar refractivity (Wildman–Crippen MR) is 74.9 cm³/mol. The lowest BCUT2D eigenvalue weighted by molar-refractivity contribution is 0.0628. The third-order valence-electron chi connectivity index (χ3n) is 3.48. The maximum atomic E-state index is 5.64. The molecule has 0 saturated heterocycles. The minimum atomic E-state index is 0.164. The highest BCUT2D eigenvalue weighted by Gasteiger charge is 2.23. The van der Waals surface area contributed by atoms with Crippen LogP contribution in [0.3, 0.4) is 0 Å². The number of ether oxygens (including phenoxy) is 3. The number of nitrogens with one attached hydrogen (secondary N) is 1. The van der Waals surface area contributed by atoms with Crippen LogP contribution < -0.4 is 14.8 Å². The highest BCUT2D eigenvalue weighted by atomic mass is 16.6. The molecule has 1 aliphatic heterocycles. The smallest absolute Gasteiger partial charge is 0.161 e. The number of hydrogen-bond donors (Lipinski definition) is 1.